The molecule has 194 valence electrons. The highest BCUT2D eigenvalue weighted by atomic mass is 35.5. The van der Waals surface area contributed by atoms with Crippen molar-refractivity contribution in [1.82, 2.24) is 16.1 Å². The average molecular weight is 517 g/mol. The van der Waals surface area contributed by atoms with Crippen LogP contribution >= 0.6 is 11.6 Å². The van der Waals surface area contributed by atoms with E-state index in [-0.39, 0.29) is 37.5 Å². The molecule has 2 aromatic carbocycles. The number of hydrogen-bond donors (Lipinski definition) is 4. The fraction of sp³-hybridized carbons (Fsp3) is 0.423. The molecule has 4 N–H and O–H groups in total. The minimum Gasteiger partial charge on any atom is -0.489 e. The van der Waals surface area contributed by atoms with Crippen molar-refractivity contribution in [3.8, 4) is 11.5 Å². The first-order chi connectivity index (χ1) is 17.1. The van der Waals surface area contributed by atoms with Crippen LogP contribution in [-0.4, -0.2) is 60.6 Å². The number of carbonyl (C=O) groups excluding carboxylic acids is 2. The Kier molecular flexibility index (Phi) is 9.69. The highest BCUT2D eigenvalue weighted by molar-refractivity contribution is 6.32. The van der Waals surface area contributed by atoms with Gasteiger partial charge < -0.3 is 25.2 Å². The number of nitrogens with one attached hydrogen (secondary N) is 3. The molecule has 0 aromatic heterocycles. The average Bonchev–Trinajstić information content (AvgIpc) is 2.85. The zero-order valence-electron chi connectivity index (χ0n) is 20.7. The van der Waals surface area contributed by atoms with Crippen LogP contribution in [0.2, 0.25) is 5.02 Å². The number of amides is 2. The van der Waals surface area contributed by atoms with Crippen LogP contribution in [0.4, 0.5) is 0 Å². The first kappa shape index (κ1) is 27.4. The summed E-state index contributed by atoms with van der Waals surface area (Å²) in [4.78, 5) is 24.0. The number of β-amino-alcohol motifs (C(OH)–C–C–N with tert-alkyl or cyclic N) is 1. The number of hydrazone groups is 1. The van der Waals surface area contributed by atoms with Crippen molar-refractivity contribution in [1.29, 1.82) is 0 Å². The van der Waals surface area contributed by atoms with E-state index in [9.17, 15) is 14.7 Å². The molecule has 0 fully saturated rings. The maximum absolute atomic E-state index is 12.5. The van der Waals surface area contributed by atoms with E-state index in [1.807, 2.05) is 45.0 Å². The van der Waals surface area contributed by atoms with E-state index < -0.39 is 11.6 Å². The van der Waals surface area contributed by atoms with Crippen LogP contribution in [0.15, 0.2) is 53.6 Å². The standard InChI is InChI=1S/C26H33ClN4O5/c1-17-12-23(33)30-31-25(17)19-8-4-6-10-21(19)36-15-24(34)28-16-26(2,3)29-13-18(32)14-35-22-11-7-5-9-20(22)27/h4-11,17-18,29,32H,12-16H2,1-3H3,(H,28,34)(H,30,33). The number of nitrogens with zero attached hydrogens (tertiary/aromatic N) is 1. The van der Waals surface area contributed by atoms with Gasteiger partial charge in [0.1, 0.15) is 24.2 Å². The van der Waals surface area contributed by atoms with E-state index in [1.165, 1.54) is 0 Å². The second-order valence-electron chi connectivity index (χ2n) is 9.36. The lowest BCUT2D eigenvalue weighted by Crippen LogP contribution is -2.52. The van der Waals surface area contributed by atoms with Gasteiger partial charge in [0.05, 0.1) is 10.7 Å². The number of halogens is 1. The summed E-state index contributed by atoms with van der Waals surface area (Å²) in [5.41, 5.74) is 3.48. The van der Waals surface area contributed by atoms with Gasteiger partial charge in [0.2, 0.25) is 5.91 Å². The van der Waals surface area contributed by atoms with Crippen molar-refractivity contribution < 1.29 is 24.2 Å². The zero-order valence-corrected chi connectivity index (χ0v) is 21.5. The SMILES string of the molecule is CC1CC(=O)NN=C1c1ccccc1OCC(=O)NCC(C)(C)NCC(O)COc1ccccc1Cl. The Labute approximate surface area is 216 Å². The Morgan fingerprint density at radius 2 is 1.89 bits per heavy atom. The number of benzene rings is 2. The molecule has 1 aliphatic rings. The molecule has 0 aliphatic carbocycles. The second kappa shape index (κ2) is 12.7. The van der Waals surface area contributed by atoms with Gasteiger partial charge in [0.15, 0.2) is 6.61 Å². The molecule has 1 aliphatic heterocycles. The summed E-state index contributed by atoms with van der Waals surface area (Å²) >= 11 is 6.06. The molecule has 0 radical (unpaired) electrons. The van der Waals surface area contributed by atoms with Gasteiger partial charge in [-0.15, -0.1) is 0 Å². The molecular formula is C26H33ClN4O5. The quantitative estimate of drug-likeness (QED) is 0.344. The zero-order chi connectivity index (χ0) is 26.1. The summed E-state index contributed by atoms with van der Waals surface area (Å²) in [6.07, 6.45) is -0.415. The summed E-state index contributed by atoms with van der Waals surface area (Å²) < 4.78 is 11.3. The highest BCUT2D eigenvalue weighted by Crippen LogP contribution is 2.25. The summed E-state index contributed by atoms with van der Waals surface area (Å²) in [6.45, 7) is 6.27. The Morgan fingerprint density at radius 3 is 2.61 bits per heavy atom. The Hall–Kier alpha value is -3.14. The van der Waals surface area contributed by atoms with E-state index in [2.05, 4.69) is 21.2 Å². The Bertz CT molecular complexity index is 1090. The molecule has 1 heterocycles. The number of aliphatic hydroxyl groups is 1. The summed E-state index contributed by atoms with van der Waals surface area (Å²) in [7, 11) is 0. The minimum atomic E-state index is -0.758. The van der Waals surface area contributed by atoms with Crippen LogP contribution in [-0.2, 0) is 9.59 Å². The third kappa shape index (κ3) is 8.22. The lowest BCUT2D eigenvalue weighted by molar-refractivity contribution is -0.123. The maximum Gasteiger partial charge on any atom is 0.258 e. The topological polar surface area (TPSA) is 121 Å². The van der Waals surface area contributed by atoms with Crippen molar-refractivity contribution in [3.63, 3.8) is 0 Å². The summed E-state index contributed by atoms with van der Waals surface area (Å²) in [5.74, 6) is 0.569. The monoisotopic (exact) mass is 516 g/mol. The van der Waals surface area contributed by atoms with Gasteiger partial charge >= 0.3 is 0 Å². The highest BCUT2D eigenvalue weighted by Gasteiger charge is 2.24. The predicted octanol–water partition coefficient (Wildman–Crippen LogP) is 2.50. The van der Waals surface area contributed by atoms with Gasteiger partial charge in [-0.25, -0.2) is 5.43 Å². The molecule has 36 heavy (non-hydrogen) atoms. The molecule has 10 heteroatoms. The fourth-order valence-electron chi connectivity index (χ4n) is 3.56. The molecule has 0 saturated heterocycles. The molecule has 2 atom stereocenters. The third-order valence-corrected chi connectivity index (χ3v) is 5.91. The van der Waals surface area contributed by atoms with Crippen LogP contribution in [0.1, 0.15) is 32.8 Å². The number of aliphatic hydroxyl groups excluding tert-OH is 1. The van der Waals surface area contributed by atoms with E-state index in [1.54, 1.807) is 24.3 Å². The minimum absolute atomic E-state index is 0.0605. The van der Waals surface area contributed by atoms with Gasteiger partial charge in [-0.2, -0.15) is 5.10 Å². The third-order valence-electron chi connectivity index (χ3n) is 5.59. The van der Waals surface area contributed by atoms with Gasteiger partial charge in [0.25, 0.3) is 5.91 Å². The van der Waals surface area contributed by atoms with Crippen LogP contribution < -0.4 is 25.5 Å². The molecule has 9 nitrogen and oxygen atoms in total. The van der Waals surface area contributed by atoms with E-state index >= 15 is 0 Å². The number of ether oxygens (including phenoxy) is 2. The Balaban J connectivity index is 1.43. The van der Waals surface area contributed by atoms with Crippen LogP contribution in [0.5, 0.6) is 11.5 Å². The summed E-state index contributed by atoms with van der Waals surface area (Å²) in [6, 6.07) is 14.4. The molecular weight excluding hydrogens is 484 g/mol. The lowest BCUT2D eigenvalue weighted by Gasteiger charge is -2.28. The molecule has 2 unspecified atom stereocenters. The largest absolute Gasteiger partial charge is 0.489 e. The molecule has 0 spiro atoms. The van der Waals surface area contributed by atoms with Crippen LogP contribution in [0.25, 0.3) is 0 Å². The van der Waals surface area contributed by atoms with Crippen molar-refractivity contribution in [2.24, 2.45) is 11.0 Å². The van der Waals surface area contributed by atoms with Crippen molar-refractivity contribution in [3.05, 3.63) is 59.1 Å². The first-order valence-electron chi connectivity index (χ1n) is 11.8. The van der Waals surface area contributed by atoms with Crippen LogP contribution in [0.3, 0.4) is 0 Å². The Morgan fingerprint density at radius 1 is 1.19 bits per heavy atom. The van der Waals surface area contributed by atoms with Crippen molar-refractivity contribution in [2.75, 3.05) is 26.3 Å². The maximum atomic E-state index is 12.5. The number of rotatable bonds is 12. The normalized spacial score (nSPS) is 16.5. The molecule has 0 bridgehead atoms. The lowest BCUT2D eigenvalue weighted by atomic mass is 9.93. The molecule has 2 aromatic rings. The first-order valence-corrected chi connectivity index (χ1v) is 12.2. The number of carbonyl (C=O) groups is 2. The smallest absolute Gasteiger partial charge is 0.258 e. The van der Waals surface area contributed by atoms with E-state index in [4.69, 9.17) is 21.1 Å². The van der Waals surface area contributed by atoms with Gasteiger partial charge in [-0.05, 0) is 38.1 Å². The molecule has 3 rings (SSSR count). The van der Waals surface area contributed by atoms with Crippen molar-refractivity contribution >= 4 is 29.1 Å². The summed E-state index contributed by atoms with van der Waals surface area (Å²) in [5, 5.41) is 21.0. The van der Waals surface area contributed by atoms with Gasteiger partial charge in [0, 0.05) is 36.5 Å². The molecule has 0 saturated carbocycles. The molecule has 2 amide bonds. The van der Waals surface area contributed by atoms with Gasteiger partial charge in [-0.3, -0.25) is 9.59 Å². The predicted molar refractivity (Wildman–Crippen MR) is 138 cm³/mol. The number of hydrogen-bond acceptors (Lipinski definition) is 7. The van der Waals surface area contributed by atoms with E-state index in [0.717, 1.165) is 5.56 Å². The van der Waals surface area contributed by atoms with E-state index in [0.29, 0.717) is 35.2 Å². The van der Waals surface area contributed by atoms with Crippen molar-refractivity contribution in [2.45, 2.75) is 38.8 Å². The second-order valence-corrected chi connectivity index (χ2v) is 9.77. The number of para-hydroxylation sites is 2. The van der Waals surface area contributed by atoms with Gasteiger partial charge in [-0.1, -0.05) is 42.8 Å². The fourth-order valence-corrected chi connectivity index (χ4v) is 3.75. The van der Waals surface area contributed by atoms with Crippen LogP contribution in [0, 0.1) is 5.92 Å².